The van der Waals surface area contributed by atoms with E-state index in [1.54, 1.807) is 0 Å². The lowest BCUT2D eigenvalue weighted by Gasteiger charge is -2.16. The minimum absolute atomic E-state index is 0.104. The van der Waals surface area contributed by atoms with Gasteiger partial charge >= 0.3 is 0 Å². The van der Waals surface area contributed by atoms with Crippen LogP contribution in [-0.2, 0) is 21.4 Å². The number of ether oxygens (including phenoxy) is 1. The first-order valence-corrected chi connectivity index (χ1v) is 8.80. The van der Waals surface area contributed by atoms with Gasteiger partial charge in [-0.2, -0.15) is 14.6 Å². The summed E-state index contributed by atoms with van der Waals surface area (Å²) in [7, 11) is -2.06. The van der Waals surface area contributed by atoms with Crippen molar-refractivity contribution in [3.63, 3.8) is 0 Å². The summed E-state index contributed by atoms with van der Waals surface area (Å²) in [5.74, 6) is 0.771. The molecule has 1 aliphatic rings. The third kappa shape index (κ3) is 3.17. The van der Waals surface area contributed by atoms with Crippen LogP contribution < -0.4 is 0 Å². The van der Waals surface area contributed by atoms with Crippen LogP contribution in [0.3, 0.4) is 0 Å². The smallest absolute Gasteiger partial charge is 0.252 e. The van der Waals surface area contributed by atoms with Crippen molar-refractivity contribution >= 4 is 10.0 Å². The number of rotatable bonds is 5. The molecule has 8 nitrogen and oxygen atoms in total. The molecule has 0 bridgehead atoms. The predicted octanol–water partition coefficient (Wildman–Crippen LogP) is 1.27. The van der Waals surface area contributed by atoms with Gasteiger partial charge in [0, 0.05) is 26.1 Å². The fraction of sp³-hybridized carbons (Fsp3) is 0.400. The highest BCUT2D eigenvalue weighted by atomic mass is 32.2. The second-order valence-corrected chi connectivity index (χ2v) is 7.40. The molecule has 9 heteroatoms. The van der Waals surface area contributed by atoms with Crippen molar-refractivity contribution in [2.45, 2.75) is 23.8 Å². The average molecular weight is 348 g/mol. The highest BCUT2D eigenvalue weighted by Crippen LogP contribution is 2.29. The van der Waals surface area contributed by atoms with Gasteiger partial charge in [-0.1, -0.05) is 5.16 Å². The summed E-state index contributed by atoms with van der Waals surface area (Å²) < 4.78 is 36.8. The third-order valence-electron chi connectivity index (χ3n) is 3.89. The molecule has 0 saturated carbocycles. The lowest BCUT2D eigenvalue weighted by Crippen LogP contribution is -2.28. The molecule has 0 aliphatic carbocycles. The topological polar surface area (TPSA) is 109 Å². The van der Waals surface area contributed by atoms with Crippen LogP contribution in [0.25, 0.3) is 0 Å². The van der Waals surface area contributed by atoms with Crippen molar-refractivity contribution in [2.75, 3.05) is 20.2 Å². The van der Waals surface area contributed by atoms with Crippen LogP contribution in [-0.4, -0.2) is 43.1 Å². The molecule has 1 aromatic heterocycles. The van der Waals surface area contributed by atoms with E-state index in [1.807, 2.05) is 6.07 Å². The van der Waals surface area contributed by atoms with Gasteiger partial charge in [-0.05, 0) is 30.7 Å². The van der Waals surface area contributed by atoms with Crippen LogP contribution in [0, 0.1) is 11.3 Å². The summed E-state index contributed by atoms with van der Waals surface area (Å²) in [6.45, 7) is 0.919. The monoisotopic (exact) mass is 348 g/mol. The Bertz CT molecular complexity index is 854. The van der Waals surface area contributed by atoms with Gasteiger partial charge in [-0.3, -0.25) is 0 Å². The molecule has 1 saturated heterocycles. The maximum Gasteiger partial charge on any atom is 0.252 e. The Morgan fingerprint density at radius 2 is 2.17 bits per heavy atom. The van der Waals surface area contributed by atoms with Crippen molar-refractivity contribution in [3.8, 4) is 6.07 Å². The van der Waals surface area contributed by atoms with Gasteiger partial charge in [-0.15, -0.1) is 0 Å². The van der Waals surface area contributed by atoms with E-state index >= 15 is 0 Å². The molecule has 1 aromatic carbocycles. The fourth-order valence-electron chi connectivity index (χ4n) is 2.62. The molecule has 0 radical (unpaired) electrons. The minimum Gasteiger partial charge on any atom is -0.375 e. The van der Waals surface area contributed by atoms with E-state index in [0.717, 1.165) is 0 Å². The molecule has 1 atom stereocenters. The number of hydrogen-bond donors (Lipinski definition) is 0. The molecule has 1 fully saturated rings. The van der Waals surface area contributed by atoms with Crippen molar-refractivity contribution in [1.29, 1.82) is 5.26 Å². The number of nitriles is 1. The maximum atomic E-state index is 12.7. The summed E-state index contributed by atoms with van der Waals surface area (Å²) in [5, 5.41) is 12.7. The van der Waals surface area contributed by atoms with E-state index in [-0.39, 0.29) is 17.4 Å². The van der Waals surface area contributed by atoms with Crippen molar-refractivity contribution in [2.24, 2.45) is 0 Å². The number of sulfonamides is 1. The van der Waals surface area contributed by atoms with Gasteiger partial charge in [0.25, 0.3) is 5.89 Å². The molecule has 1 aliphatic heterocycles. The van der Waals surface area contributed by atoms with Crippen LogP contribution >= 0.6 is 0 Å². The zero-order valence-electron chi connectivity index (χ0n) is 13.0. The summed E-state index contributed by atoms with van der Waals surface area (Å²) in [5.41, 5.74) is 0.422. The molecule has 126 valence electrons. The number of benzene rings is 1. The highest BCUT2D eigenvalue weighted by molar-refractivity contribution is 7.89. The van der Waals surface area contributed by atoms with E-state index in [9.17, 15) is 8.42 Å². The molecule has 2 aromatic rings. The van der Waals surface area contributed by atoms with Crippen molar-refractivity contribution in [3.05, 3.63) is 41.5 Å². The zero-order valence-corrected chi connectivity index (χ0v) is 13.9. The number of hydrogen-bond acceptors (Lipinski definition) is 7. The lowest BCUT2D eigenvalue weighted by molar-refractivity contribution is 0.151. The Labute approximate surface area is 139 Å². The van der Waals surface area contributed by atoms with Crippen LogP contribution in [0.2, 0.25) is 0 Å². The summed E-state index contributed by atoms with van der Waals surface area (Å²) in [6, 6.07) is 7.87. The van der Waals surface area contributed by atoms with Gasteiger partial charge < -0.3 is 9.26 Å². The highest BCUT2D eigenvalue weighted by Gasteiger charge is 2.35. The van der Waals surface area contributed by atoms with Crippen LogP contribution in [0.4, 0.5) is 0 Å². The van der Waals surface area contributed by atoms with E-state index in [2.05, 4.69) is 10.1 Å². The molecular weight excluding hydrogens is 332 g/mol. The first-order chi connectivity index (χ1) is 11.5. The second kappa shape index (κ2) is 6.68. The Kier molecular flexibility index (Phi) is 4.62. The van der Waals surface area contributed by atoms with E-state index < -0.39 is 10.0 Å². The Balaban J connectivity index is 1.74. The standard InChI is InChI=1S/C15H16N4O4S/c1-22-10-14-17-15(18-23-14)12-6-7-19(9-12)24(20,21)13-4-2-11(8-16)3-5-13/h2-5,12H,6-7,9-10H2,1H3. The summed E-state index contributed by atoms with van der Waals surface area (Å²) in [6.07, 6.45) is 0.626. The predicted molar refractivity (Wildman–Crippen MR) is 82.3 cm³/mol. The number of methoxy groups -OCH3 is 1. The van der Waals surface area contributed by atoms with Gasteiger partial charge in [0.1, 0.15) is 6.61 Å². The van der Waals surface area contributed by atoms with Gasteiger partial charge in [-0.25, -0.2) is 8.42 Å². The fourth-order valence-corrected chi connectivity index (χ4v) is 4.12. The largest absolute Gasteiger partial charge is 0.375 e. The molecule has 0 N–H and O–H groups in total. The molecule has 2 heterocycles. The number of aromatic nitrogens is 2. The maximum absolute atomic E-state index is 12.7. The molecule has 0 spiro atoms. The van der Waals surface area contributed by atoms with E-state index in [0.29, 0.717) is 36.8 Å². The van der Waals surface area contributed by atoms with Gasteiger partial charge in [0.05, 0.1) is 16.5 Å². The Hall–Kier alpha value is -2.28. The first kappa shape index (κ1) is 16.6. The molecule has 24 heavy (non-hydrogen) atoms. The van der Waals surface area contributed by atoms with Crippen molar-refractivity contribution in [1.82, 2.24) is 14.4 Å². The normalized spacial score (nSPS) is 18.6. The molecular formula is C15H16N4O4S. The SMILES string of the molecule is COCc1nc(C2CCN(S(=O)(=O)c3ccc(C#N)cc3)C2)no1. The van der Waals surface area contributed by atoms with E-state index in [1.165, 1.54) is 35.7 Å². The quantitative estimate of drug-likeness (QED) is 0.800. The average Bonchev–Trinajstić information content (AvgIpc) is 3.24. The minimum atomic E-state index is -3.59. The lowest BCUT2D eigenvalue weighted by atomic mass is 10.1. The zero-order chi connectivity index (χ0) is 17.2. The molecule has 1 unspecified atom stereocenters. The Morgan fingerprint density at radius 1 is 1.42 bits per heavy atom. The summed E-state index contributed by atoms with van der Waals surface area (Å²) >= 11 is 0. The number of nitrogens with zero attached hydrogens (tertiary/aromatic N) is 4. The van der Waals surface area contributed by atoms with Gasteiger partial charge in [0.15, 0.2) is 5.82 Å². The first-order valence-electron chi connectivity index (χ1n) is 7.36. The second-order valence-electron chi connectivity index (χ2n) is 5.46. The third-order valence-corrected chi connectivity index (χ3v) is 5.77. The van der Waals surface area contributed by atoms with Crippen molar-refractivity contribution < 1.29 is 17.7 Å². The van der Waals surface area contributed by atoms with Crippen LogP contribution in [0.15, 0.2) is 33.7 Å². The van der Waals surface area contributed by atoms with Crippen LogP contribution in [0.1, 0.15) is 29.6 Å². The summed E-state index contributed by atoms with van der Waals surface area (Å²) in [4.78, 5) is 4.41. The molecule has 0 amide bonds. The Morgan fingerprint density at radius 3 is 2.83 bits per heavy atom. The molecule has 3 rings (SSSR count). The van der Waals surface area contributed by atoms with Crippen LogP contribution in [0.5, 0.6) is 0 Å². The van der Waals surface area contributed by atoms with Gasteiger partial charge in [0.2, 0.25) is 10.0 Å². The van der Waals surface area contributed by atoms with E-state index in [4.69, 9.17) is 14.5 Å².